The summed E-state index contributed by atoms with van der Waals surface area (Å²) in [6.45, 7) is 4.32. The molecule has 2 atom stereocenters. The van der Waals surface area contributed by atoms with Crippen LogP contribution in [-0.2, 0) is 4.79 Å². The molecule has 3 aliphatic rings. The number of hydrogen-bond acceptors (Lipinski definition) is 1. The molecule has 0 aromatic heterocycles. The van der Waals surface area contributed by atoms with Gasteiger partial charge in [0, 0.05) is 5.92 Å². The molecule has 1 heteroatoms. The van der Waals surface area contributed by atoms with Crippen molar-refractivity contribution in [2.45, 2.75) is 46.0 Å². The highest BCUT2D eigenvalue weighted by atomic mass is 16.1. The molecule has 2 unspecified atom stereocenters. The molecule has 0 N–H and O–H groups in total. The van der Waals surface area contributed by atoms with Gasteiger partial charge < -0.3 is 0 Å². The van der Waals surface area contributed by atoms with E-state index in [-0.39, 0.29) is 5.92 Å². The third kappa shape index (κ3) is 2.65. The van der Waals surface area contributed by atoms with Gasteiger partial charge in [-0.2, -0.15) is 0 Å². The molecule has 3 aliphatic carbocycles. The Hall–Kier alpha value is -1.37. The van der Waals surface area contributed by atoms with Crippen LogP contribution in [0.1, 0.15) is 46.0 Å². The van der Waals surface area contributed by atoms with Crippen LogP contribution >= 0.6 is 0 Å². The fourth-order valence-corrected chi connectivity index (χ4v) is 3.15. The first-order chi connectivity index (χ1) is 9.15. The summed E-state index contributed by atoms with van der Waals surface area (Å²) in [4.78, 5) is 12.4. The van der Waals surface area contributed by atoms with E-state index in [9.17, 15) is 4.79 Å². The van der Waals surface area contributed by atoms with Gasteiger partial charge in [0.15, 0.2) is 5.78 Å². The predicted molar refractivity (Wildman–Crippen MR) is 78.8 cm³/mol. The van der Waals surface area contributed by atoms with E-state index in [0.29, 0.717) is 11.7 Å². The number of rotatable bonds is 3. The van der Waals surface area contributed by atoms with Crippen molar-refractivity contribution in [1.82, 2.24) is 0 Å². The number of ketones is 1. The second-order valence-electron chi connectivity index (χ2n) is 6.27. The van der Waals surface area contributed by atoms with Gasteiger partial charge in [-0.25, -0.2) is 0 Å². The lowest BCUT2D eigenvalue weighted by atomic mass is 9.91. The molecule has 0 aromatic carbocycles. The molecule has 3 rings (SSSR count). The summed E-state index contributed by atoms with van der Waals surface area (Å²) in [5, 5.41) is 0. The van der Waals surface area contributed by atoms with Gasteiger partial charge in [0.05, 0.1) is 0 Å². The highest BCUT2D eigenvalue weighted by Crippen LogP contribution is 2.49. The van der Waals surface area contributed by atoms with Crippen molar-refractivity contribution in [2.24, 2.45) is 11.8 Å². The number of carbonyl (C=O) groups excluding carboxylic acids is 1. The van der Waals surface area contributed by atoms with Crippen molar-refractivity contribution in [3.05, 3.63) is 46.6 Å². The molecule has 0 saturated heterocycles. The number of allylic oxidation sites excluding steroid dienone is 8. The first kappa shape index (κ1) is 12.7. The van der Waals surface area contributed by atoms with E-state index >= 15 is 0 Å². The molecule has 0 aromatic rings. The van der Waals surface area contributed by atoms with Gasteiger partial charge >= 0.3 is 0 Å². The maximum atomic E-state index is 12.4. The second-order valence-corrected chi connectivity index (χ2v) is 6.27. The maximum absolute atomic E-state index is 12.4. The Kier molecular flexibility index (Phi) is 3.30. The molecule has 19 heavy (non-hydrogen) atoms. The smallest absolute Gasteiger partial charge is 0.162 e. The van der Waals surface area contributed by atoms with Gasteiger partial charge in [0.2, 0.25) is 0 Å². The van der Waals surface area contributed by atoms with Crippen LogP contribution in [0, 0.1) is 11.8 Å². The lowest BCUT2D eigenvalue weighted by Gasteiger charge is -2.13. The van der Waals surface area contributed by atoms with Gasteiger partial charge in [-0.1, -0.05) is 41.0 Å². The monoisotopic (exact) mass is 254 g/mol. The molecule has 1 nitrogen and oxygen atoms in total. The molecular weight excluding hydrogens is 232 g/mol. The molecule has 0 radical (unpaired) electrons. The van der Waals surface area contributed by atoms with Crippen molar-refractivity contribution in [3.8, 4) is 0 Å². The van der Waals surface area contributed by atoms with Crippen molar-refractivity contribution in [1.29, 1.82) is 0 Å². The van der Waals surface area contributed by atoms with E-state index in [1.165, 1.54) is 23.1 Å². The van der Waals surface area contributed by atoms with Crippen LogP contribution in [0.2, 0.25) is 0 Å². The van der Waals surface area contributed by atoms with Crippen molar-refractivity contribution < 1.29 is 4.79 Å². The Bertz CT molecular complexity index is 528. The summed E-state index contributed by atoms with van der Waals surface area (Å²) in [7, 11) is 0. The van der Waals surface area contributed by atoms with E-state index in [0.717, 1.165) is 31.3 Å². The van der Waals surface area contributed by atoms with E-state index in [1.807, 2.05) is 0 Å². The van der Waals surface area contributed by atoms with Gasteiger partial charge in [0.25, 0.3) is 0 Å². The summed E-state index contributed by atoms with van der Waals surface area (Å²) >= 11 is 0. The quantitative estimate of drug-likeness (QED) is 0.723. The first-order valence-corrected chi connectivity index (χ1v) is 7.42. The summed E-state index contributed by atoms with van der Waals surface area (Å²) < 4.78 is 0. The van der Waals surface area contributed by atoms with Crippen LogP contribution in [0.5, 0.6) is 0 Å². The van der Waals surface area contributed by atoms with Crippen molar-refractivity contribution in [3.63, 3.8) is 0 Å². The summed E-state index contributed by atoms with van der Waals surface area (Å²) in [5.41, 5.74) is 5.41. The lowest BCUT2D eigenvalue weighted by Crippen LogP contribution is -2.09. The Balaban J connectivity index is 1.66. The minimum absolute atomic E-state index is 0.288. The van der Waals surface area contributed by atoms with Crippen LogP contribution in [0.4, 0.5) is 0 Å². The number of hydrogen-bond donors (Lipinski definition) is 0. The van der Waals surface area contributed by atoms with Crippen LogP contribution in [0.25, 0.3) is 0 Å². The molecule has 0 heterocycles. The van der Waals surface area contributed by atoms with Crippen LogP contribution in [0.15, 0.2) is 46.6 Å². The van der Waals surface area contributed by atoms with E-state index in [1.54, 1.807) is 0 Å². The topological polar surface area (TPSA) is 17.1 Å². The normalized spacial score (nSPS) is 30.0. The van der Waals surface area contributed by atoms with E-state index < -0.39 is 0 Å². The minimum Gasteiger partial charge on any atom is -0.294 e. The fourth-order valence-electron chi connectivity index (χ4n) is 3.15. The molecule has 0 aliphatic heterocycles. The largest absolute Gasteiger partial charge is 0.294 e. The second kappa shape index (κ2) is 4.96. The summed E-state index contributed by atoms with van der Waals surface area (Å²) in [5.74, 6) is 1.25. The minimum atomic E-state index is 0.288. The lowest BCUT2D eigenvalue weighted by molar-refractivity contribution is -0.117. The molecule has 1 saturated carbocycles. The molecule has 100 valence electrons. The Labute approximate surface area is 115 Å². The van der Waals surface area contributed by atoms with Gasteiger partial charge in [0.1, 0.15) is 0 Å². The SMILES string of the molecule is CC1=CC=C(C(=O)C2CC2C2=CC=C(C)CC2)CC1. The third-order valence-corrected chi connectivity index (χ3v) is 4.67. The van der Waals surface area contributed by atoms with Gasteiger partial charge in [-0.15, -0.1) is 0 Å². The Morgan fingerprint density at radius 2 is 1.63 bits per heavy atom. The van der Waals surface area contributed by atoms with Crippen molar-refractivity contribution in [2.75, 3.05) is 0 Å². The van der Waals surface area contributed by atoms with Crippen LogP contribution in [0.3, 0.4) is 0 Å². The third-order valence-electron chi connectivity index (χ3n) is 4.67. The zero-order valence-electron chi connectivity index (χ0n) is 11.9. The fraction of sp³-hybridized carbons (Fsp3) is 0.500. The molecular formula is C18H22O. The van der Waals surface area contributed by atoms with E-state index in [4.69, 9.17) is 0 Å². The van der Waals surface area contributed by atoms with Gasteiger partial charge in [-0.3, -0.25) is 4.79 Å². The Morgan fingerprint density at radius 3 is 2.21 bits per heavy atom. The zero-order chi connectivity index (χ0) is 13.4. The van der Waals surface area contributed by atoms with Crippen molar-refractivity contribution >= 4 is 5.78 Å². The van der Waals surface area contributed by atoms with E-state index in [2.05, 4.69) is 38.2 Å². The molecule has 1 fully saturated rings. The highest BCUT2D eigenvalue weighted by Gasteiger charge is 2.45. The Morgan fingerprint density at radius 1 is 0.947 bits per heavy atom. The molecule has 0 bridgehead atoms. The molecule has 0 spiro atoms. The average molecular weight is 254 g/mol. The average Bonchev–Trinajstić information content (AvgIpc) is 3.20. The maximum Gasteiger partial charge on any atom is 0.162 e. The molecule has 0 amide bonds. The summed E-state index contributed by atoms with van der Waals surface area (Å²) in [6.07, 6.45) is 14.1. The van der Waals surface area contributed by atoms with Crippen LogP contribution in [-0.4, -0.2) is 5.78 Å². The van der Waals surface area contributed by atoms with Gasteiger partial charge in [-0.05, 0) is 57.4 Å². The van der Waals surface area contributed by atoms with Crippen LogP contribution < -0.4 is 0 Å². The summed E-state index contributed by atoms with van der Waals surface area (Å²) in [6, 6.07) is 0. The zero-order valence-corrected chi connectivity index (χ0v) is 11.9. The highest BCUT2D eigenvalue weighted by molar-refractivity contribution is 5.99. The number of carbonyl (C=O) groups is 1. The number of Topliss-reactive ketones (excluding diaryl/α,β-unsaturated/α-hetero) is 1. The standard InChI is InChI=1S/C18H22O/c1-12-3-7-14(8-4-12)16-11-17(16)18(19)15-9-5-13(2)6-10-15/h3,5,7,9,16-17H,4,6,8,10-11H2,1-2H3. The first-order valence-electron chi connectivity index (χ1n) is 7.42. The predicted octanol–water partition coefficient (Wildman–Crippen LogP) is 4.52.